The third-order valence-electron chi connectivity index (χ3n) is 4.30. The van der Waals surface area contributed by atoms with Gasteiger partial charge in [0.25, 0.3) is 0 Å². The standard InChI is InChI=1S/C18H24N4O2/c1-14-11-17(24-20-14)19-18(23)22-10-6-9-21(12-15(22)2)13-16-7-4-3-5-8-16/h3-5,7-8,11,15H,6,9-10,12-13H2,1-2H3,(H,19,23). The van der Waals surface area contributed by atoms with Crippen LogP contribution in [-0.4, -0.2) is 46.7 Å². The number of benzene rings is 1. The Kier molecular flexibility index (Phi) is 5.15. The number of nitrogens with zero attached hydrogens (tertiary/aromatic N) is 3. The van der Waals surface area contributed by atoms with E-state index in [0.717, 1.165) is 38.3 Å². The van der Waals surface area contributed by atoms with E-state index < -0.39 is 0 Å². The van der Waals surface area contributed by atoms with Crippen LogP contribution in [0.3, 0.4) is 0 Å². The van der Waals surface area contributed by atoms with Crippen LogP contribution in [0.5, 0.6) is 0 Å². The fourth-order valence-electron chi connectivity index (χ4n) is 3.14. The van der Waals surface area contributed by atoms with Crippen LogP contribution >= 0.6 is 0 Å². The topological polar surface area (TPSA) is 61.6 Å². The van der Waals surface area contributed by atoms with Crippen molar-refractivity contribution in [2.24, 2.45) is 0 Å². The summed E-state index contributed by atoms with van der Waals surface area (Å²) >= 11 is 0. The van der Waals surface area contributed by atoms with E-state index >= 15 is 0 Å². The van der Waals surface area contributed by atoms with Crippen LogP contribution in [0.15, 0.2) is 40.9 Å². The molecule has 1 unspecified atom stereocenters. The summed E-state index contributed by atoms with van der Waals surface area (Å²) in [5.41, 5.74) is 2.06. The molecule has 1 aliphatic heterocycles. The Morgan fingerprint density at radius 3 is 2.83 bits per heavy atom. The van der Waals surface area contributed by atoms with Crippen molar-refractivity contribution in [3.05, 3.63) is 47.7 Å². The lowest BCUT2D eigenvalue weighted by atomic mass is 10.2. The molecule has 1 fully saturated rings. The Hall–Kier alpha value is -2.34. The lowest BCUT2D eigenvalue weighted by Crippen LogP contribution is -2.44. The van der Waals surface area contributed by atoms with Gasteiger partial charge in [0, 0.05) is 38.3 Å². The molecule has 1 aliphatic rings. The maximum absolute atomic E-state index is 12.5. The fourth-order valence-corrected chi connectivity index (χ4v) is 3.14. The quantitative estimate of drug-likeness (QED) is 0.940. The van der Waals surface area contributed by atoms with Crippen molar-refractivity contribution in [2.75, 3.05) is 25.0 Å². The number of aromatic nitrogens is 1. The third-order valence-corrected chi connectivity index (χ3v) is 4.30. The zero-order valence-electron chi connectivity index (χ0n) is 14.2. The molecule has 1 atom stereocenters. The molecule has 0 bridgehead atoms. The fraction of sp³-hybridized carbons (Fsp3) is 0.444. The highest BCUT2D eigenvalue weighted by molar-refractivity contribution is 5.88. The van der Waals surface area contributed by atoms with Gasteiger partial charge in [0.2, 0.25) is 5.88 Å². The van der Waals surface area contributed by atoms with Gasteiger partial charge in [-0.25, -0.2) is 4.79 Å². The van der Waals surface area contributed by atoms with Crippen molar-refractivity contribution in [3.63, 3.8) is 0 Å². The lowest BCUT2D eigenvalue weighted by Gasteiger charge is -2.28. The number of carbonyl (C=O) groups excluding carboxylic acids is 1. The zero-order chi connectivity index (χ0) is 16.9. The summed E-state index contributed by atoms with van der Waals surface area (Å²) in [6.45, 7) is 7.43. The van der Waals surface area contributed by atoms with Gasteiger partial charge >= 0.3 is 6.03 Å². The van der Waals surface area contributed by atoms with Gasteiger partial charge in [-0.05, 0) is 25.8 Å². The molecule has 6 nitrogen and oxygen atoms in total. The molecule has 1 saturated heterocycles. The van der Waals surface area contributed by atoms with Crippen LogP contribution in [0.2, 0.25) is 0 Å². The number of hydrogen-bond donors (Lipinski definition) is 1. The average molecular weight is 328 g/mol. The van der Waals surface area contributed by atoms with Crippen LogP contribution in [0.25, 0.3) is 0 Å². The van der Waals surface area contributed by atoms with Crippen molar-refractivity contribution in [1.82, 2.24) is 15.0 Å². The summed E-state index contributed by atoms with van der Waals surface area (Å²) in [5.74, 6) is 0.398. The highest BCUT2D eigenvalue weighted by Crippen LogP contribution is 2.16. The molecule has 2 aromatic rings. The predicted molar refractivity (Wildman–Crippen MR) is 92.8 cm³/mol. The van der Waals surface area contributed by atoms with Crippen molar-refractivity contribution in [2.45, 2.75) is 32.9 Å². The molecule has 0 aliphatic carbocycles. The average Bonchev–Trinajstić information content (AvgIpc) is 2.87. The molecule has 3 rings (SSSR count). The first-order valence-electron chi connectivity index (χ1n) is 8.39. The number of nitrogens with one attached hydrogen (secondary N) is 1. The molecule has 1 N–H and O–H groups in total. The van der Waals surface area contributed by atoms with Crippen LogP contribution in [0, 0.1) is 6.92 Å². The van der Waals surface area contributed by atoms with Crippen molar-refractivity contribution in [1.29, 1.82) is 0 Å². The molecule has 1 aromatic heterocycles. The predicted octanol–water partition coefficient (Wildman–Crippen LogP) is 3.11. The Morgan fingerprint density at radius 1 is 1.33 bits per heavy atom. The van der Waals surface area contributed by atoms with Gasteiger partial charge in [-0.1, -0.05) is 35.5 Å². The summed E-state index contributed by atoms with van der Waals surface area (Å²) < 4.78 is 5.07. The summed E-state index contributed by atoms with van der Waals surface area (Å²) in [6, 6.07) is 12.2. The molecule has 0 radical (unpaired) electrons. The normalized spacial score (nSPS) is 19.1. The Labute approximate surface area is 142 Å². The van der Waals surface area contributed by atoms with Gasteiger partial charge in [-0.15, -0.1) is 0 Å². The number of aryl methyl sites for hydroxylation is 1. The monoisotopic (exact) mass is 328 g/mol. The summed E-state index contributed by atoms with van der Waals surface area (Å²) in [5, 5.41) is 6.59. The first-order valence-corrected chi connectivity index (χ1v) is 8.39. The van der Waals surface area contributed by atoms with Crippen molar-refractivity contribution in [3.8, 4) is 0 Å². The maximum Gasteiger partial charge on any atom is 0.324 e. The molecule has 6 heteroatoms. The smallest absolute Gasteiger partial charge is 0.324 e. The minimum atomic E-state index is -0.125. The second kappa shape index (κ2) is 7.49. The second-order valence-electron chi connectivity index (χ2n) is 6.38. The number of hydrogen-bond acceptors (Lipinski definition) is 4. The van der Waals surface area contributed by atoms with Crippen LogP contribution < -0.4 is 5.32 Å². The molecule has 1 aromatic carbocycles. The molecule has 2 amide bonds. The SMILES string of the molecule is Cc1cc(NC(=O)N2CCCN(Cc3ccccc3)CC2C)on1. The molecule has 0 saturated carbocycles. The van der Waals surface area contributed by atoms with E-state index in [4.69, 9.17) is 4.52 Å². The Balaban J connectivity index is 1.59. The highest BCUT2D eigenvalue weighted by atomic mass is 16.5. The van der Waals surface area contributed by atoms with Crippen LogP contribution in [-0.2, 0) is 6.54 Å². The van der Waals surface area contributed by atoms with E-state index in [-0.39, 0.29) is 12.1 Å². The Morgan fingerprint density at radius 2 is 2.12 bits per heavy atom. The van der Waals surface area contributed by atoms with Crippen molar-refractivity contribution >= 4 is 11.9 Å². The molecule has 24 heavy (non-hydrogen) atoms. The van der Waals surface area contributed by atoms with Gasteiger partial charge in [-0.3, -0.25) is 10.2 Å². The van der Waals surface area contributed by atoms with Gasteiger partial charge in [0.1, 0.15) is 0 Å². The first kappa shape index (κ1) is 16.5. The number of anilines is 1. The summed E-state index contributed by atoms with van der Waals surface area (Å²) in [6.07, 6.45) is 0.958. The lowest BCUT2D eigenvalue weighted by molar-refractivity contribution is 0.183. The summed E-state index contributed by atoms with van der Waals surface area (Å²) in [7, 11) is 0. The van der Waals surface area contributed by atoms with E-state index in [1.165, 1.54) is 5.56 Å². The Bertz CT molecular complexity index is 671. The van der Waals surface area contributed by atoms with Gasteiger partial charge in [0.15, 0.2) is 0 Å². The number of amides is 2. The third kappa shape index (κ3) is 4.14. The summed E-state index contributed by atoms with van der Waals surface area (Å²) in [4.78, 5) is 16.8. The van der Waals surface area contributed by atoms with E-state index in [9.17, 15) is 4.79 Å². The maximum atomic E-state index is 12.5. The molecule has 128 valence electrons. The number of rotatable bonds is 3. The van der Waals surface area contributed by atoms with Crippen molar-refractivity contribution < 1.29 is 9.32 Å². The van der Waals surface area contributed by atoms with E-state index in [2.05, 4.69) is 46.6 Å². The van der Waals surface area contributed by atoms with E-state index in [0.29, 0.717) is 5.88 Å². The molecular weight excluding hydrogens is 304 g/mol. The van der Waals surface area contributed by atoms with Crippen LogP contribution in [0.1, 0.15) is 24.6 Å². The zero-order valence-corrected chi connectivity index (χ0v) is 14.2. The van der Waals surface area contributed by atoms with Gasteiger partial charge in [0.05, 0.1) is 5.69 Å². The molecule has 2 heterocycles. The first-order chi connectivity index (χ1) is 11.6. The largest absolute Gasteiger partial charge is 0.338 e. The van der Waals surface area contributed by atoms with E-state index in [1.807, 2.05) is 17.9 Å². The minimum absolute atomic E-state index is 0.125. The second-order valence-corrected chi connectivity index (χ2v) is 6.38. The highest BCUT2D eigenvalue weighted by Gasteiger charge is 2.26. The van der Waals surface area contributed by atoms with Gasteiger partial charge < -0.3 is 9.42 Å². The molecular formula is C18H24N4O2. The number of urea groups is 1. The molecule has 0 spiro atoms. The number of carbonyl (C=O) groups is 1. The van der Waals surface area contributed by atoms with Gasteiger partial charge in [-0.2, -0.15) is 0 Å². The van der Waals surface area contributed by atoms with E-state index in [1.54, 1.807) is 6.07 Å². The van der Waals surface area contributed by atoms with Crippen LogP contribution in [0.4, 0.5) is 10.7 Å². The minimum Gasteiger partial charge on any atom is -0.338 e.